The maximum Gasteiger partial charge on any atom is 0.250 e. The summed E-state index contributed by atoms with van der Waals surface area (Å²) in [7, 11) is 0. The first kappa shape index (κ1) is 19.2. The second kappa shape index (κ2) is 7.81. The number of rotatable bonds is 5. The number of nitrogens with zero attached hydrogens (tertiary/aromatic N) is 4. The Balaban J connectivity index is 1.59. The molecule has 0 aliphatic carbocycles. The van der Waals surface area contributed by atoms with E-state index in [0.717, 1.165) is 22.6 Å². The number of aromatic nitrogens is 4. The van der Waals surface area contributed by atoms with Gasteiger partial charge in [0.05, 0.1) is 35.7 Å². The lowest BCUT2D eigenvalue weighted by atomic mass is 10.1. The van der Waals surface area contributed by atoms with E-state index in [1.165, 1.54) is 0 Å². The molecule has 31 heavy (non-hydrogen) atoms. The number of nitrogens with one attached hydrogen (secondary N) is 1. The van der Waals surface area contributed by atoms with Gasteiger partial charge in [-0.2, -0.15) is 0 Å². The minimum absolute atomic E-state index is 0.0794. The van der Waals surface area contributed by atoms with Gasteiger partial charge in [0.15, 0.2) is 11.6 Å². The summed E-state index contributed by atoms with van der Waals surface area (Å²) in [5.41, 5.74) is 9.62. The average Bonchev–Trinajstić information content (AvgIpc) is 3.22. The first-order chi connectivity index (χ1) is 15.1. The zero-order chi connectivity index (χ0) is 21.4. The standard InChI is InChI=1S/C23H22N6O2/c1-14-10-18-17(13-31-14)21(25-11-15-6-3-2-4-7-15)28-22(27-18)23-26-12-19-16(20(24)30)8-5-9-29(19)23/h2-9,12,14H,10-11,13H2,1H3,(H2,24,30)(H,25,27,28). The van der Waals surface area contributed by atoms with Crippen molar-refractivity contribution in [1.29, 1.82) is 0 Å². The molecule has 8 nitrogen and oxygen atoms in total. The van der Waals surface area contributed by atoms with Gasteiger partial charge in [0, 0.05) is 24.7 Å². The van der Waals surface area contributed by atoms with Gasteiger partial charge in [0.25, 0.3) is 5.91 Å². The fraction of sp³-hybridized carbons (Fsp3) is 0.217. The molecule has 0 radical (unpaired) electrons. The van der Waals surface area contributed by atoms with Gasteiger partial charge in [-0.25, -0.2) is 15.0 Å². The number of nitrogens with two attached hydrogens (primary N) is 1. The molecule has 0 fully saturated rings. The van der Waals surface area contributed by atoms with Crippen LogP contribution in [0.5, 0.6) is 0 Å². The zero-order valence-electron chi connectivity index (χ0n) is 17.1. The van der Waals surface area contributed by atoms with Crippen LogP contribution in [0.25, 0.3) is 17.2 Å². The zero-order valence-corrected chi connectivity index (χ0v) is 17.1. The predicted octanol–water partition coefficient (Wildman–Crippen LogP) is 2.96. The summed E-state index contributed by atoms with van der Waals surface area (Å²) in [4.78, 5) is 25.9. The van der Waals surface area contributed by atoms with Crippen molar-refractivity contribution in [3.8, 4) is 11.6 Å². The summed E-state index contributed by atoms with van der Waals surface area (Å²) >= 11 is 0. The normalized spacial score (nSPS) is 15.6. The molecule has 1 aromatic carbocycles. The maximum absolute atomic E-state index is 11.8. The van der Waals surface area contributed by atoms with Crippen LogP contribution in [-0.4, -0.2) is 31.4 Å². The molecule has 0 saturated carbocycles. The average molecular weight is 414 g/mol. The van der Waals surface area contributed by atoms with Crippen LogP contribution in [0.15, 0.2) is 54.9 Å². The van der Waals surface area contributed by atoms with E-state index >= 15 is 0 Å². The molecule has 5 rings (SSSR count). The minimum atomic E-state index is -0.500. The second-order valence-corrected chi connectivity index (χ2v) is 7.61. The Bertz CT molecular complexity index is 1270. The lowest BCUT2D eigenvalue weighted by molar-refractivity contribution is 0.0398. The van der Waals surface area contributed by atoms with Crippen molar-refractivity contribution in [1.82, 2.24) is 19.4 Å². The van der Waals surface area contributed by atoms with Crippen LogP contribution in [0.4, 0.5) is 5.82 Å². The summed E-state index contributed by atoms with van der Waals surface area (Å²) < 4.78 is 7.64. The molecule has 1 unspecified atom stereocenters. The summed E-state index contributed by atoms with van der Waals surface area (Å²) in [6.45, 7) is 3.13. The van der Waals surface area contributed by atoms with E-state index in [4.69, 9.17) is 20.4 Å². The molecule has 4 aromatic rings. The molecule has 0 saturated heterocycles. The van der Waals surface area contributed by atoms with E-state index in [0.29, 0.717) is 42.3 Å². The number of pyridine rings is 1. The van der Waals surface area contributed by atoms with Gasteiger partial charge < -0.3 is 15.8 Å². The van der Waals surface area contributed by atoms with Crippen molar-refractivity contribution < 1.29 is 9.53 Å². The van der Waals surface area contributed by atoms with Crippen molar-refractivity contribution in [3.63, 3.8) is 0 Å². The van der Waals surface area contributed by atoms with E-state index in [1.807, 2.05) is 31.3 Å². The van der Waals surface area contributed by atoms with Gasteiger partial charge in [-0.1, -0.05) is 30.3 Å². The Morgan fingerprint density at radius 1 is 1.23 bits per heavy atom. The molecule has 0 bridgehead atoms. The van der Waals surface area contributed by atoms with E-state index in [9.17, 15) is 4.79 Å². The lowest BCUT2D eigenvalue weighted by Crippen LogP contribution is -2.23. The second-order valence-electron chi connectivity index (χ2n) is 7.61. The van der Waals surface area contributed by atoms with Crippen molar-refractivity contribution in [2.45, 2.75) is 32.6 Å². The van der Waals surface area contributed by atoms with Crippen LogP contribution in [-0.2, 0) is 24.3 Å². The predicted molar refractivity (Wildman–Crippen MR) is 116 cm³/mol. The highest BCUT2D eigenvalue weighted by molar-refractivity contribution is 5.99. The number of carbonyl (C=O) groups is 1. The number of hydrogen-bond acceptors (Lipinski definition) is 6. The van der Waals surface area contributed by atoms with Gasteiger partial charge in [0.1, 0.15) is 5.82 Å². The number of anilines is 1. The highest BCUT2D eigenvalue weighted by atomic mass is 16.5. The van der Waals surface area contributed by atoms with Crippen LogP contribution < -0.4 is 11.1 Å². The number of fused-ring (bicyclic) bond motifs is 2. The van der Waals surface area contributed by atoms with Gasteiger partial charge in [-0.05, 0) is 24.6 Å². The molecule has 3 N–H and O–H groups in total. The van der Waals surface area contributed by atoms with Crippen LogP contribution in [0, 0.1) is 0 Å². The Morgan fingerprint density at radius 3 is 2.87 bits per heavy atom. The summed E-state index contributed by atoms with van der Waals surface area (Å²) in [5, 5.41) is 3.44. The summed E-state index contributed by atoms with van der Waals surface area (Å²) in [5.74, 6) is 1.28. The molecule has 1 amide bonds. The number of carbonyl (C=O) groups excluding carboxylic acids is 1. The Hall–Kier alpha value is -3.78. The lowest BCUT2D eigenvalue weighted by Gasteiger charge is -2.24. The van der Waals surface area contributed by atoms with E-state index in [-0.39, 0.29) is 6.10 Å². The van der Waals surface area contributed by atoms with E-state index < -0.39 is 5.91 Å². The number of hydrogen-bond donors (Lipinski definition) is 2. The number of ether oxygens (including phenoxy) is 1. The highest BCUT2D eigenvalue weighted by Crippen LogP contribution is 2.29. The summed E-state index contributed by atoms with van der Waals surface area (Å²) in [6.07, 6.45) is 4.23. The topological polar surface area (TPSA) is 107 Å². The van der Waals surface area contributed by atoms with E-state index in [2.05, 4.69) is 22.4 Å². The van der Waals surface area contributed by atoms with E-state index in [1.54, 1.807) is 22.7 Å². The molecule has 4 heterocycles. The highest BCUT2D eigenvalue weighted by Gasteiger charge is 2.24. The van der Waals surface area contributed by atoms with Crippen molar-refractivity contribution in [2.75, 3.05) is 5.32 Å². The van der Waals surface area contributed by atoms with Crippen molar-refractivity contribution >= 4 is 17.2 Å². The smallest absolute Gasteiger partial charge is 0.250 e. The van der Waals surface area contributed by atoms with Gasteiger partial charge in [-0.15, -0.1) is 0 Å². The van der Waals surface area contributed by atoms with Crippen LogP contribution in [0.3, 0.4) is 0 Å². The maximum atomic E-state index is 11.8. The number of benzene rings is 1. The minimum Gasteiger partial charge on any atom is -0.373 e. The molecular formula is C23H22N6O2. The third kappa shape index (κ3) is 3.62. The Kier molecular flexibility index (Phi) is 4.83. The van der Waals surface area contributed by atoms with Gasteiger partial charge in [0.2, 0.25) is 0 Å². The van der Waals surface area contributed by atoms with Crippen LogP contribution >= 0.6 is 0 Å². The van der Waals surface area contributed by atoms with Gasteiger partial charge in [-0.3, -0.25) is 9.20 Å². The first-order valence-electron chi connectivity index (χ1n) is 10.2. The molecule has 1 aliphatic heterocycles. The van der Waals surface area contributed by atoms with Crippen molar-refractivity contribution in [2.24, 2.45) is 5.73 Å². The Labute approximate surface area is 179 Å². The molecule has 8 heteroatoms. The molecule has 0 spiro atoms. The third-order valence-electron chi connectivity index (χ3n) is 5.42. The summed E-state index contributed by atoms with van der Waals surface area (Å²) in [6, 6.07) is 13.6. The first-order valence-corrected chi connectivity index (χ1v) is 10.2. The van der Waals surface area contributed by atoms with Crippen LogP contribution in [0.1, 0.15) is 34.1 Å². The quantitative estimate of drug-likeness (QED) is 0.520. The SMILES string of the molecule is CC1Cc2nc(-c3ncc4c(C(N)=O)cccn34)nc(NCc3ccccc3)c2CO1. The third-order valence-corrected chi connectivity index (χ3v) is 5.42. The fourth-order valence-corrected chi connectivity index (χ4v) is 3.83. The Morgan fingerprint density at radius 2 is 2.06 bits per heavy atom. The molecule has 1 atom stereocenters. The molecular weight excluding hydrogens is 392 g/mol. The number of amides is 1. The number of imidazole rings is 1. The number of primary amides is 1. The van der Waals surface area contributed by atoms with Crippen molar-refractivity contribution in [3.05, 3.63) is 77.2 Å². The molecule has 3 aromatic heterocycles. The molecule has 1 aliphatic rings. The largest absolute Gasteiger partial charge is 0.373 e. The van der Waals surface area contributed by atoms with Crippen LogP contribution in [0.2, 0.25) is 0 Å². The molecule has 156 valence electrons. The monoisotopic (exact) mass is 414 g/mol. The van der Waals surface area contributed by atoms with Gasteiger partial charge >= 0.3 is 0 Å². The fourth-order valence-electron chi connectivity index (χ4n) is 3.83.